The highest BCUT2D eigenvalue weighted by atomic mass is 16.1. The van der Waals surface area contributed by atoms with E-state index in [2.05, 4.69) is 40.0 Å². The molecule has 0 fully saturated rings. The van der Waals surface area contributed by atoms with Crippen LogP contribution in [0.3, 0.4) is 0 Å². The summed E-state index contributed by atoms with van der Waals surface area (Å²) in [6.45, 7) is 3.77. The zero-order valence-electron chi connectivity index (χ0n) is 13.8. The molecule has 1 atom stereocenters. The number of carbonyl (C=O) groups excluding carboxylic acids is 1. The predicted molar refractivity (Wildman–Crippen MR) is 95.6 cm³/mol. The van der Waals surface area contributed by atoms with Gasteiger partial charge in [-0.05, 0) is 29.3 Å². The third-order valence-electron chi connectivity index (χ3n) is 4.03. The van der Waals surface area contributed by atoms with Crippen LogP contribution in [0.1, 0.15) is 18.5 Å². The minimum absolute atomic E-state index is 0.00380. The van der Waals surface area contributed by atoms with Crippen molar-refractivity contribution in [3.05, 3.63) is 66.5 Å². The van der Waals surface area contributed by atoms with E-state index in [-0.39, 0.29) is 11.9 Å². The minimum Gasteiger partial charge on any atom is -0.348 e. The van der Waals surface area contributed by atoms with Gasteiger partial charge in [0.25, 0.3) is 0 Å². The van der Waals surface area contributed by atoms with E-state index in [4.69, 9.17) is 0 Å². The van der Waals surface area contributed by atoms with Gasteiger partial charge in [0, 0.05) is 18.9 Å². The van der Waals surface area contributed by atoms with E-state index < -0.39 is 0 Å². The summed E-state index contributed by atoms with van der Waals surface area (Å²) in [5.41, 5.74) is 1.14. The van der Waals surface area contributed by atoms with Crippen LogP contribution in [0.2, 0.25) is 0 Å². The van der Waals surface area contributed by atoms with Gasteiger partial charge in [0.1, 0.15) is 0 Å². The number of nitrogens with zero attached hydrogens (tertiary/aromatic N) is 2. The summed E-state index contributed by atoms with van der Waals surface area (Å²) in [5.74, 6) is -0.00380. The molecule has 0 aliphatic carbocycles. The van der Waals surface area contributed by atoms with Gasteiger partial charge in [0.05, 0.1) is 19.1 Å². The molecule has 2 N–H and O–H groups in total. The summed E-state index contributed by atoms with van der Waals surface area (Å²) >= 11 is 0. The molecule has 0 saturated carbocycles. The molecule has 1 heterocycles. The van der Waals surface area contributed by atoms with Crippen LogP contribution in [0.15, 0.2) is 60.9 Å². The fourth-order valence-corrected chi connectivity index (χ4v) is 2.83. The number of hydrogen-bond acceptors (Lipinski definition) is 3. The highest BCUT2D eigenvalue weighted by Crippen LogP contribution is 2.23. The zero-order chi connectivity index (χ0) is 16.8. The lowest BCUT2D eigenvalue weighted by Crippen LogP contribution is -2.36. The highest BCUT2D eigenvalue weighted by molar-refractivity contribution is 5.87. The van der Waals surface area contributed by atoms with E-state index in [1.807, 2.05) is 42.1 Å². The monoisotopic (exact) mass is 322 g/mol. The number of carbonyl (C=O) groups is 1. The molecule has 24 heavy (non-hydrogen) atoms. The van der Waals surface area contributed by atoms with Crippen LogP contribution in [0, 0.1) is 0 Å². The van der Waals surface area contributed by atoms with Crippen molar-refractivity contribution in [2.75, 3.05) is 13.1 Å². The molecule has 3 aromatic rings. The van der Waals surface area contributed by atoms with Gasteiger partial charge < -0.3 is 10.6 Å². The third kappa shape index (κ3) is 4.00. The molecule has 1 unspecified atom stereocenters. The molecule has 1 amide bonds. The number of nitrogens with one attached hydrogen (secondary N) is 2. The maximum atomic E-state index is 12.1. The van der Waals surface area contributed by atoms with Gasteiger partial charge in [-0.3, -0.25) is 9.48 Å². The second-order valence-corrected chi connectivity index (χ2v) is 5.80. The molecule has 0 bridgehead atoms. The van der Waals surface area contributed by atoms with E-state index in [9.17, 15) is 4.79 Å². The van der Waals surface area contributed by atoms with Gasteiger partial charge >= 0.3 is 0 Å². The Balaban J connectivity index is 1.52. The lowest BCUT2D eigenvalue weighted by Gasteiger charge is -2.17. The first-order chi connectivity index (χ1) is 11.7. The number of fused-ring (bicyclic) bond motifs is 1. The smallest absolute Gasteiger partial charge is 0.234 e. The van der Waals surface area contributed by atoms with Crippen molar-refractivity contribution in [3.8, 4) is 0 Å². The average Bonchev–Trinajstić information content (AvgIpc) is 3.11. The first-order valence-electron chi connectivity index (χ1n) is 8.19. The standard InChI is InChI=1S/C19H22N4O/c1-15(17-9-4-7-16-6-2-3-8-18(16)17)22-19(24)14-20-11-13-23-12-5-10-21-23/h2-10,12,15,20H,11,13-14H2,1H3,(H,22,24). The van der Waals surface area contributed by atoms with Crippen LogP contribution in [-0.2, 0) is 11.3 Å². The quantitative estimate of drug-likeness (QED) is 0.657. The fraction of sp³-hybridized carbons (Fsp3) is 0.263. The first-order valence-corrected chi connectivity index (χ1v) is 8.19. The Labute approximate surface area is 141 Å². The molecular weight excluding hydrogens is 300 g/mol. The predicted octanol–water partition coefficient (Wildman–Crippen LogP) is 2.50. The minimum atomic E-state index is -0.0310. The van der Waals surface area contributed by atoms with Crippen molar-refractivity contribution in [1.29, 1.82) is 0 Å². The first kappa shape index (κ1) is 16.2. The van der Waals surface area contributed by atoms with Crippen LogP contribution in [-0.4, -0.2) is 28.8 Å². The van der Waals surface area contributed by atoms with Gasteiger partial charge in [-0.2, -0.15) is 5.10 Å². The highest BCUT2D eigenvalue weighted by Gasteiger charge is 2.11. The van der Waals surface area contributed by atoms with E-state index in [0.717, 1.165) is 12.1 Å². The number of amides is 1. The summed E-state index contributed by atoms with van der Waals surface area (Å²) in [6.07, 6.45) is 3.66. The molecule has 0 radical (unpaired) electrons. The molecule has 0 saturated heterocycles. The van der Waals surface area contributed by atoms with Crippen LogP contribution < -0.4 is 10.6 Å². The molecule has 5 heteroatoms. The van der Waals surface area contributed by atoms with Gasteiger partial charge in [-0.1, -0.05) is 42.5 Å². The van der Waals surface area contributed by atoms with E-state index in [0.29, 0.717) is 13.1 Å². The SMILES string of the molecule is CC(NC(=O)CNCCn1cccn1)c1cccc2ccccc12. The van der Waals surface area contributed by atoms with Gasteiger partial charge in [-0.15, -0.1) is 0 Å². The number of hydrogen-bond donors (Lipinski definition) is 2. The van der Waals surface area contributed by atoms with Gasteiger partial charge in [0.15, 0.2) is 0 Å². The maximum absolute atomic E-state index is 12.1. The molecule has 0 aliphatic heterocycles. The maximum Gasteiger partial charge on any atom is 0.234 e. The molecule has 3 rings (SSSR count). The molecule has 5 nitrogen and oxygen atoms in total. The summed E-state index contributed by atoms with van der Waals surface area (Å²) in [4.78, 5) is 12.1. The van der Waals surface area contributed by atoms with Crippen LogP contribution in [0.25, 0.3) is 10.8 Å². The second kappa shape index (κ2) is 7.75. The van der Waals surface area contributed by atoms with Gasteiger partial charge in [-0.25, -0.2) is 0 Å². The topological polar surface area (TPSA) is 59.0 Å². The van der Waals surface area contributed by atoms with Crippen molar-refractivity contribution < 1.29 is 4.79 Å². The summed E-state index contributed by atoms with van der Waals surface area (Å²) < 4.78 is 1.84. The van der Waals surface area contributed by atoms with E-state index in [1.165, 1.54) is 10.8 Å². The zero-order valence-corrected chi connectivity index (χ0v) is 13.8. The summed E-state index contributed by atoms with van der Waals surface area (Å²) in [6, 6.07) is 16.3. The fourth-order valence-electron chi connectivity index (χ4n) is 2.83. The molecule has 2 aromatic carbocycles. The molecule has 124 valence electrons. The Kier molecular flexibility index (Phi) is 5.23. The van der Waals surface area contributed by atoms with E-state index >= 15 is 0 Å². The molecular formula is C19H22N4O. The Morgan fingerprint density at radius 2 is 2.00 bits per heavy atom. The average molecular weight is 322 g/mol. The van der Waals surface area contributed by atoms with Crippen molar-refractivity contribution in [2.24, 2.45) is 0 Å². The normalized spacial score (nSPS) is 12.2. The third-order valence-corrected chi connectivity index (χ3v) is 4.03. The Hall–Kier alpha value is -2.66. The van der Waals surface area contributed by atoms with Crippen molar-refractivity contribution in [1.82, 2.24) is 20.4 Å². The Morgan fingerprint density at radius 3 is 2.83 bits per heavy atom. The van der Waals surface area contributed by atoms with Crippen molar-refractivity contribution in [3.63, 3.8) is 0 Å². The van der Waals surface area contributed by atoms with Crippen molar-refractivity contribution >= 4 is 16.7 Å². The number of rotatable bonds is 7. The van der Waals surface area contributed by atoms with Gasteiger partial charge in [0.2, 0.25) is 5.91 Å². The Bertz CT molecular complexity index is 793. The summed E-state index contributed by atoms with van der Waals surface area (Å²) in [7, 11) is 0. The second-order valence-electron chi connectivity index (χ2n) is 5.80. The molecule has 1 aromatic heterocycles. The number of benzene rings is 2. The summed E-state index contributed by atoms with van der Waals surface area (Å²) in [5, 5.41) is 12.7. The lowest BCUT2D eigenvalue weighted by molar-refractivity contribution is -0.120. The van der Waals surface area contributed by atoms with Crippen molar-refractivity contribution in [2.45, 2.75) is 19.5 Å². The van der Waals surface area contributed by atoms with Crippen LogP contribution >= 0.6 is 0 Å². The molecule has 0 aliphatic rings. The number of aromatic nitrogens is 2. The van der Waals surface area contributed by atoms with Crippen LogP contribution in [0.5, 0.6) is 0 Å². The van der Waals surface area contributed by atoms with E-state index in [1.54, 1.807) is 6.20 Å². The lowest BCUT2D eigenvalue weighted by atomic mass is 10.00. The Morgan fingerprint density at radius 1 is 1.17 bits per heavy atom. The molecule has 0 spiro atoms. The largest absolute Gasteiger partial charge is 0.348 e. The van der Waals surface area contributed by atoms with Crippen LogP contribution in [0.4, 0.5) is 0 Å².